The number of piperidine rings is 1. The Hall–Kier alpha value is -0.810. The second kappa shape index (κ2) is 7.18. The quantitative estimate of drug-likeness (QED) is 0.837. The summed E-state index contributed by atoms with van der Waals surface area (Å²) in [6, 6.07) is 0.699. The standard InChI is InChI=1S/C17H32N2O3/c1-5-15(20)12-9-13(18-16(21)22-17(2,3)4)11-19(10-12)14-7-6-8-14/h12-15,20H,5-11H2,1-4H3,(H,18,21). The van der Waals surface area contributed by atoms with Crippen molar-refractivity contribution in [1.82, 2.24) is 10.2 Å². The van der Waals surface area contributed by atoms with Gasteiger partial charge < -0.3 is 15.2 Å². The first-order chi connectivity index (χ1) is 10.3. The number of rotatable bonds is 4. The van der Waals surface area contributed by atoms with E-state index in [1.807, 2.05) is 27.7 Å². The van der Waals surface area contributed by atoms with Gasteiger partial charge in [0.05, 0.1) is 6.10 Å². The zero-order valence-corrected chi connectivity index (χ0v) is 14.5. The van der Waals surface area contributed by atoms with Gasteiger partial charge in [-0.2, -0.15) is 0 Å². The number of ether oxygens (including phenoxy) is 1. The van der Waals surface area contributed by atoms with Crippen LogP contribution in [0.3, 0.4) is 0 Å². The van der Waals surface area contributed by atoms with E-state index >= 15 is 0 Å². The number of hydrogen-bond acceptors (Lipinski definition) is 4. The summed E-state index contributed by atoms with van der Waals surface area (Å²) in [5.41, 5.74) is -0.477. The van der Waals surface area contributed by atoms with Gasteiger partial charge in [-0.25, -0.2) is 4.79 Å². The fourth-order valence-electron chi connectivity index (χ4n) is 3.41. The Kier molecular flexibility index (Phi) is 5.72. The Morgan fingerprint density at radius 2 is 2.05 bits per heavy atom. The van der Waals surface area contributed by atoms with Crippen LogP contribution >= 0.6 is 0 Å². The van der Waals surface area contributed by atoms with Crippen LogP contribution in [0.2, 0.25) is 0 Å². The third-order valence-corrected chi connectivity index (χ3v) is 4.79. The summed E-state index contributed by atoms with van der Waals surface area (Å²) in [6.45, 7) is 9.46. The van der Waals surface area contributed by atoms with Crippen molar-refractivity contribution in [3.8, 4) is 0 Å². The number of hydrogen-bond donors (Lipinski definition) is 2. The van der Waals surface area contributed by atoms with E-state index in [1.165, 1.54) is 19.3 Å². The van der Waals surface area contributed by atoms with Crippen LogP contribution in [0.5, 0.6) is 0 Å². The minimum Gasteiger partial charge on any atom is -0.444 e. The van der Waals surface area contributed by atoms with Gasteiger partial charge in [-0.1, -0.05) is 13.3 Å². The van der Waals surface area contributed by atoms with Gasteiger partial charge in [0.25, 0.3) is 0 Å². The lowest BCUT2D eigenvalue weighted by atomic mass is 9.84. The number of aliphatic hydroxyl groups excluding tert-OH is 1. The van der Waals surface area contributed by atoms with Gasteiger partial charge in [0, 0.05) is 25.2 Å². The number of alkyl carbamates (subject to hydrolysis) is 1. The van der Waals surface area contributed by atoms with E-state index < -0.39 is 5.60 Å². The Bertz CT molecular complexity index is 364. The van der Waals surface area contributed by atoms with E-state index in [0.717, 1.165) is 25.9 Å². The van der Waals surface area contributed by atoms with Gasteiger partial charge in [-0.15, -0.1) is 0 Å². The fraction of sp³-hybridized carbons (Fsp3) is 0.941. The Morgan fingerprint density at radius 3 is 2.55 bits per heavy atom. The molecule has 0 aromatic rings. The van der Waals surface area contributed by atoms with Gasteiger partial charge in [-0.3, -0.25) is 4.90 Å². The molecule has 5 nitrogen and oxygen atoms in total. The highest BCUT2D eigenvalue weighted by Gasteiger charge is 2.36. The molecule has 1 saturated heterocycles. The van der Waals surface area contributed by atoms with Crippen molar-refractivity contribution in [2.45, 2.75) is 83.6 Å². The van der Waals surface area contributed by atoms with Gasteiger partial charge in [0.15, 0.2) is 0 Å². The first-order valence-corrected chi connectivity index (χ1v) is 8.70. The first-order valence-electron chi connectivity index (χ1n) is 8.70. The third-order valence-electron chi connectivity index (χ3n) is 4.79. The predicted octanol–water partition coefficient (Wildman–Crippen LogP) is 2.53. The molecule has 1 saturated carbocycles. The SMILES string of the molecule is CCC(O)C1CC(NC(=O)OC(C)(C)C)CN(C2CCC2)C1. The Morgan fingerprint density at radius 1 is 1.36 bits per heavy atom. The highest BCUT2D eigenvalue weighted by Crippen LogP contribution is 2.31. The molecule has 2 N–H and O–H groups in total. The lowest BCUT2D eigenvalue weighted by molar-refractivity contribution is -0.00191. The largest absolute Gasteiger partial charge is 0.444 e. The maximum Gasteiger partial charge on any atom is 0.407 e. The summed E-state index contributed by atoms with van der Waals surface area (Å²) in [6.07, 6.45) is 4.75. The predicted molar refractivity (Wildman–Crippen MR) is 86.8 cm³/mol. The molecular weight excluding hydrogens is 280 g/mol. The van der Waals surface area contributed by atoms with E-state index in [-0.39, 0.29) is 24.2 Å². The highest BCUT2D eigenvalue weighted by atomic mass is 16.6. The van der Waals surface area contributed by atoms with E-state index in [4.69, 9.17) is 4.74 Å². The normalized spacial score (nSPS) is 28.8. The average molecular weight is 312 g/mol. The molecule has 1 heterocycles. The molecule has 2 rings (SSSR count). The molecule has 2 fully saturated rings. The minimum atomic E-state index is -0.477. The van der Waals surface area contributed by atoms with Crippen LogP contribution in [0.15, 0.2) is 0 Å². The summed E-state index contributed by atoms with van der Waals surface area (Å²) >= 11 is 0. The molecule has 0 spiro atoms. The molecule has 0 aromatic carbocycles. The number of likely N-dealkylation sites (tertiary alicyclic amines) is 1. The maximum atomic E-state index is 12.0. The second-order valence-corrected chi connectivity index (χ2v) is 7.85. The van der Waals surface area contributed by atoms with Gasteiger partial charge in [0.1, 0.15) is 5.60 Å². The van der Waals surface area contributed by atoms with Gasteiger partial charge >= 0.3 is 6.09 Å². The Balaban J connectivity index is 1.94. The third kappa shape index (κ3) is 4.85. The van der Waals surface area contributed by atoms with Crippen molar-refractivity contribution >= 4 is 6.09 Å². The highest BCUT2D eigenvalue weighted by molar-refractivity contribution is 5.68. The minimum absolute atomic E-state index is 0.0652. The molecule has 1 aliphatic carbocycles. The molecule has 0 radical (unpaired) electrons. The number of nitrogens with zero attached hydrogens (tertiary/aromatic N) is 1. The summed E-state index contributed by atoms with van der Waals surface area (Å²) < 4.78 is 5.37. The van der Waals surface area contributed by atoms with Crippen LogP contribution in [0.25, 0.3) is 0 Å². The van der Waals surface area contributed by atoms with Crippen LogP contribution in [0.4, 0.5) is 4.79 Å². The van der Waals surface area contributed by atoms with Gasteiger partial charge in [0.2, 0.25) is 0 Å². The number of carbonyl (C=O) groups is 1. The summed E-state index contributed by atoms with van der Waals surface area (Å²) in [5, 5.41) is 13.2. The number of nitrogens with one attached hydrogen (secondary N) is 1. The molecule has 3 atom stereocenters. The van der Waals surface area contributed by atoms with Crippen LogP contribution in [0.1, 0.15) is 59.8 Å². The zero-order valence-electron chi connectivity index (χ0n) is 14.5. The molecule has 5 heteroatoms. The van der Waals surface area contributed by atoms with Crippen LogP contribution in [-0.2, 0) is 4.74 Å². The molecule has 3 unspecified atom stereocenters. The molecule has 0 aromatic heterocycles. The smallest absolute Gasteiger partial charge is 0.407 e. The van der Waals surface area contributed by atoms with Crippen LogP contribution in [0, 0.1) is 5.92 Å². The van der Waals surface area contributed by atoms with Crippen molar-refractivity contribution < 1.29 is 14.6 Å². The summed E-state index contributed by atoms with van der Waals surface area (Å²) in [7, 11) is 0. The molecule has 128 valence electrons. The lowest BCUT2D eigenvalue weighted by Gasteiger charge is -2.46. The van der Waals surface area contributed by atoms with Crippen LogP contribution < -0.4 is 5.32 Å². The van der Waals surface area contributed by atoms with E-state index in [9.17, 15) is 9.90 Å². The van der Waals surface area contributed by atoms with Crippen molar-refractivity contribution in [3.05, 3.63) is 0 Å². The molecule has 1 amide bonds. The second-order valence-electron chi connectivity index (χ2n) is 7.85. The first kappa shape index (κ1) is 17.5. The lowest BCUT2D eigenvalue weighted by Crippen LogP contribution is -2.57. The molecular formula is C17H32N2O3. The van der Waals surface area contributed by atoms with Crippen molar-refractivity contribution in [1.29, 1.82) is 0 Å². The molecule has 2 aliphatic rings. The van der Waals surface area contributed by atoms with E-state index in [2.05, 4.69) is 10.2 Å². The molecule has 22 heavy (non-hydrogen) atoms. The monoisotopic (exact) mass is 312 g/mol. The number of carbonyl (C=O) groups excluding carboxylic acids is 1. The summed E-state index contributed by atoms with van der Waals surface area (Å²) in [5.74, 6) is 0.235. The fourth-order valence-corrected chi connectivity index (χ4v) is 3.41. The van der Waals surface area contributed by atoms with E-state index in [0.29, 0.717) is 6.04 Å². The Labute approximate surface area is 134 Å². The van der Waals surface area contributed by atoms with Crippen molar-refractivity contribution in [3.63, 3.8) is 0 Å². The van der Waals surface area contributed by atoms with Crippen LogP contribution in [-0.4, -0.2) is 53.0 Å². The molecule has 1 aliphatic heterocycles. The molecule has 0 bridgehead atoms. The topological polar surface area (TPSA) is 61.8 Å². The average Bonchev–Trinajstić information content (AvgIpc) is 2.32. The summed E-state index contributed by atoms with van der Waals surface area (Å²) in [4.78, 5) is 14.5. The zero-order chi connectivity index (χ0) is 16.3. The maximum absolute atomic E-state index is 12.0. The number of aliphatic hydroxyl groups is 1. The van der Waals surface area contributed by atoms with Crippen molar-refractivity contribution in [2.24, 2.45) is 5.92 Å². The van der Waals surface area contributed by atoms with Gasteiger partial charge in [-0.05, 0) is 52.4 Å². The van der Waals surface area contributed by atoms with E-state index in [1.54, 1.807) is 0 Å². The van der Waals surface area contributed by atoms with Crippen molar-refractivity contribution in [2.75, 3.05) is 13.1 Å². The number of amides is 1.